The molecule has 275 valence electrons. The van der Waals surface area contributed by atoms with Gasteiger partial charge in [-0.3, -0.25) is 9.80 Å². The van der Waals surface area contributed by atoms with Crippen LogP contribution in [0.15, 0.2) is 164 Å². The number of fused-ring (bicyclic) bond motifs is 4. The van der Waals surface area contributed by atoms with Crippen LogP contribution < -0.4 is 19.6 Å². The molecule has 55 heavy (non-hydrogen) atoms. The van der Waals surface area contributed by atoms with E-state index in [2.05, 4.69) is 57.2 Å². The van der Waals surface area contributed by atoms with Crippen LogP contribution in [0.2, 0.25) is 0 Å². The van der Waals surface area contributed by atoms with Crippen molar-refractivity contribution in [3.63, 3.8) is 0 Å². The molecule has 10 rings (SSSR count). The second kappa shape index (κ2) is 16.4. The molecule has 2 aliphatic heterocycles. The number of hydrogen-bond acceptors (Lipinski definition) is 9. The van der Waals surface area contributed by atoms with Crippen molar-refractivity contribution in [3.05, 3.63) is 177 Å². The number of rotatable bonds is 6. The summed E-state index contributed by atoms with van der Waals surface area (Å²) < 4.78 is 6.22. The van der Waals surface area contributed by atoms with Crippen LogP contribution in [0.1, 0.15) is 14.4 Å². The largest absolute Gasteiger partial charge is 0.477 e. The number of anilines is 8. The summed E-state index contributed by atoms with van der Waals surface area (Å²) in [5.41, 5.74) is 7.52. The Morgan fingerprint density at radius 2 is 0.909 bits per heavy atom. The van der Waals surface area contributed by atoms with Crippen molar-refractivity contribution in [1.29, 1.82) is 0 Å². The van der Waals surface area contributed by atoms with Crippen LogP contribution in [0, 0.1) is 12.7 Å². The van der Waals surface area contributed by atoms with Crippen LogP contribution in [0.5, 0.6) is 0 Å². The van der Waals surface area contributed by atoms with Crippen molar-refractivity contribution >= 4 is 68.1 Å². The van der Waals surface area contributed by atoms with Crippen molar-refractivity contribution in [1.82, 2.24) is 19.9 Å². The summed E-state index contributed by atoms with van der Waals surface area (Å²) in [6.45, 7) is 4.60. The Balaban J connectivity index is 0.000000164. The number of hydrogen-bond donors (Lipinski definition) is 0. The maximum absolute atomic E-state index is 6.22. The zero-order valence-corrected chi connectivity index (χ0v) is 31.7. The van der Waals surface area contributed by atoms with Crippen LogP contribution in [0.25, 0.3) is 22.1 Å². The maximum atomic E-state index is 6.22. The van der Waals surface area contributed by atoms with Gasteiger partial charge in [-0.25, -0.2) is 19.9 Å². The monoisotopic (exact) mass is 899 g/mol. The number of para-hydroxylation sites is 8. The first-order chi connectivity index (χ1) is 26.3. The topological polar surface area (TPSA) is 73.8 Å². The maximum Gasteiger partial charge on any atom is 0.221 e. The second-order valence-corrected chi connectivity index (χ2v) is 12.4. The Hall–Kier alpha value is -6.19. The normalized spacial score (nSPS) is 13.1. The fraction of sp³-hybridized carbons (Fsp3) is 0.0889. The summed E-state index contributed by atoms with van der Waals surface area (Å²) >= 11 is 0. The van der Waals surface area contributed by atoms with E-state index < -0.39 is 0 Å². The summed E-state index contributed by atoms with van der Waals surface area (Å²) in [6, 6.07) is 57.6. The molecule has 2 aliphatic rings. The van der Waals surface area contributed by atoms with E-state index in [9.17, 15) is 0 Å². The molecule has 4 heterocycles. The molecule has 0 spiro atoms. The van der Waals surface area contributed by atoms with Gasteiger partial charge in [0.1, 0.15) is 11.6 Å². The summed E-state index contributed by atoms with van der Waals surface area (Å²) in [5.74, 6) is 3.23. The molecular weight excluding hydrogens is 861 g/mol. The molecule has 6 aromatic carbocycles. The predicted octanol–water partition coefficient (Wildman–Crippen LogP) is 10.7. The molecule has 0 saturated heterocycles. The summed E-state index contributed by atoms with van der Waals surface area (Å²) in [4.78, 5) is 28.0. The first-order valence-corrected chi connectivity index (χ1v) is 17.6. The van der Waals surface area contributed by atoms with Gasteiger partial charge >= 0.3 is 0 Å². The standard InChI is InChI=1S/C23H20N4O.C21H14N4.CH4.Ir/c1-2-28-23-26(17-11-5-3-6-12-17)21-22(27(23)18-13-7-4-8-14-18)25-20-16-10-9-15-19(20)24-21;1-3-9-16(10-4-1)24-15-25(17-11-5-2-6-12-17)21-20(24)22-18-13-7-8-14-19(18)23-21;;/h3-16,23H,2H2,1H3;1-11,13-15H;1H4;/q;-2;;. The smallest absolute Gasteiger partial charge is 0.221 e. The molecule has 2 aromatic heterocycles. The van der Waals surface area contributed by atoms with Crippen molar-refractivity contribution < 1.29 is 24.8 Å². The van der Waals surface area contributed by atoms with E-state index in [-0.39, 0.29) is 33.9 Å². The fourth-order valence-corrected chi connectivity index (χ4v) is 6.62. The predicted molar refractivity (Wildman–Crippen MR) is 219 cm³/mol. The molecule has 0 unspecified atom stereocenters. The Labute approximate surface area is 334 Å². The minimum atomic E-state index is -0.360. The number of ether oxygens (including phenoxy) is 1. The zero-order chi connectivity index (χ0) is 35.6. The molecule has 0 amide bonds. The summed E-state index contributed by atoms with van der Waals surface area (Å²) in [5, 5.41) is 0. The Bertz CT molecular complexity index is 2320. The van der Waals surface area contributed by atoms with E-state index in [1.165, 1.54) is 0 Å². The molecule has 1 radical (unpaired) electrons. The molecule has 8 aromatic rings. The van der Waals surface area contributed by atoms with Gasteiger partial charge < -0.3 is 14.5 Å². The first-order valence-electron chi connectivity index (χ1n) is 17.6. The Morgan fingerprint density at radius 3 is 1.35 bits per heavy atom. The van der Waals surface area contributed by atoms with Gasteiger partial charge in [-0.2, -0.15) is 30.3 Å². The second-order valence-electron chi connectivity index (χ2n) is 12.4. The van der Waals surface area contributed by atoms with E-state index in [4.69, 9.17) is 24.7 Å². The molecule has 0 saturated carbocycles. The molecule has 0 N–H and O–H groups in total. The minimum absolute atomic E-state index is 0. The first kappa shape index (κ1) is 37.1. The third kappa shape index (κ3) is 7.11. The third-order valence-electron chi connectivity index (χ3n) is 9.03. The van der Waals surface area contributed by atoms with Gasteiger partial charge in [0, 0.05) is 43.8 Å². The molecule has 0 atom stereocenters. The molecule has 0 fully saturated rings. The van der Waals surface area contributed by atoms with Crippen molar-refractivity contribution in [3.8, 4) is 0 Å². The molecular formula is C45H38IrN8O-2. The average molecular weight is 899 g/mol. The van der Waals surface area contributed by atoms with E-state index in [0.29, 0.717) is 6.61 Å². The van der Waals surface area contributed by atoms with Crippen molar-refractivity contribution in [2.24, 2.45) is 0 Å². The number of benzene rings is 6. The van der Waals surface area contributed by atoms with Gasteiger partial charge in [0.25, 0.3) is 0 Å². The van der Waals surface area contributed by atoms with Gasteiger partial charge in [0.15, 0.2) is 11.6 Å². The zero-order valence-electron chi connectivity index (χ0n) is 29.3. The van der Waals surface area contributed by atoms with Crippen LogP contribution in [-0.2, 0) is 24.8 Å². The van der Waals surface area contributed by atoms with Gasteiger partial charge in [0.05, 0.1) is 22.1 Å². The molecule has 9 nitrogen and oxygen atoms in total. The quantitative estimate of drug-likeness (QED) is 0.152. The van der Waals surface area contributed by atoms with Gasteiger partial charge in [-0.1, -0.05) is 86.3 Å². The number of nitrogens with zero attached hydrogens (tertiary/aromatic N) is 8. The minimum Gasteiger partial charge on any atom is -0.477 e. The van der Waals surface area contributed by atoms with E-state index >= 15 is 0 Å². The molecule has 10 heteroatoms. The van der Waals surface area contributed by atoms with Crippen molar-refractivity contribution in [2.75, 3.05) is 26.2 Å². The Kier molecular flexibility index (Phi) is 11.1. The van der Waals surface area contributed by atoms with Crippen LogP contribution in [0.3, 0.4) is 0 Å². The van der Waals surface area contributed by atoms with Gasteiger partial charge in [-0.15, -0.1) is 12.4 Å². The SMILES string of the molecule is C.CCOC1N(c2ccccc2)c2nc3ccccc3nc2N1c1ccccc1.[Ir].[c-]1ccccc1N1[CH-]N(c2ccccc2)c2nc3ccccc3nc21. The van der Waals surface area contributed by atoms with Crippen molar-refractivity contribution in [2.45, 2.75) is 20.7 Å². The van der Waals surface area contributed by atoms with Gasteiger partial charge in [0.2, 0.25) is 6.35 Å². The third-order valence-corrected chi connectivity index (χ3v) is 9.03. The van der Waals surface area contributed by atoms with E-state index in [1.807, 2.05) is 146 Å². The van der Waals surface area contributed by atoms with E-state index in [0.717, 1.165) is 68.1 Å². The molecule has 0 aliphatic carbocycles. The van der Waals surface area contributed by atoms with Crippen LogP contribution >= 0.6 is 0 Å². The number of aromatic nitrogens is 4. The van der Waals surface area contributed by atoms with Crippen LogP contribution in [-0.4, -0.2) is 32.9 Å². The van der Waals surface area contributed by atoms with Gasteiger partial charge in [-0.05, 0) is 67.6 Å². The summed E-state index contributed by atoms with van der Waals surface area (Å²) in [7, 11) is 0. The molecule has 0 bridgehead atoms. The van der Waals surface area contributed by atoms with Crippen LogP contribution in [0.4, 0.5) is 46.0 Å². The Morgan fingerprint density at radius 1 is 0.509 bits per heavy atom. The fourth-order valence-electron chi connectivity index (χ4n) is 6.62. The van der Waals surface area contributed by atoms with E-state index in [1.54, 1.807) is 0 Å². The summed E-state index contributed by atoms with van der Waals surface area (Å²) in [6.07, 6.45) is -0.360. The average Bonchev–Trinajstić information content (AvgIpc) is 3.75.